The zero-order chi connectivity index (χ0) is 11.7. The molecule has 0 radical (unpaired) electrons. The Hall–Kier alpha value is -1.77. The van der Waals surface area contributed by atoms with Gasteiger partial charge in [0.15, 0.2) is 0 Å². The SMILES string of the molecule is COc1ccc2ncc(N)c(C(C)C)c2c1. The first kappa shape index (κ1) is 10.7. The third-order valence-electron chi connectivity index (χ3n) is 2.72. The number of nitrogens with zero attached hydrogens (tertiary/aromatic N) is 1. The van der Waals surface area contributed by atoms with Gasteiger partial charge in [-0.2, -0.15) is 0 Å². The first-order valence-electron chi connectivity index (χ1n) is 5.35. The van der Waals surface area contributed by atoms with Crippen molar-refractivity contribution in [1.82, 2.24) is 4.98 Å². The van der Waals surface area contributed by atoms with Gasteiger partial charge in [-0.15, -0.1) is 0 Å². The van der Waals surface area contributed by atoms with Crippen LogP contribution in [0.1, 0.15) is 25.3 Å². The van der Waals surface area contributed by atoms with Crippen molar-refractivity contribution in [2.75, 3.05) is 12.8 Å². The van der Waals surface area contributed by atoms with Crippen molar-refractivity contribution in [3.05, 3.63) is 30.0 Å². The van der Waals surface area contributed by atoms with Crippen molar-refractivity contribution in [2.45, 2.75) is 19.8 Å². The van der Waals surface area contributed by atoms with Crippen LogP contribution in [0.5, 0.6) is 5.75 Å². The molecule has 0 spiro atoms. The van der Waals surface area contributed by atoms with Gasteiger partial charge in [0, 0.05) is 5.39 Å². The molecule has 1 aromatic heterocycles. The van der Waals surface area contributed by atoms with Gasteiger partial charge in [0.05, 0.1) is 24.5 Å². The van der Waals surface area contributed by atoms with Crippen LogP contribution in [0.25, 0.3) is 10.9 Å². The van der Waals surface area contributed by atoms with Gasteiger partial charge >= 0.3 is 0 Å². The van der Waals surface area contributed by atoms with E-state index >= 15 is 0 Å². The summed E-state index contributed by atoms with van der Waals surface area (Å²) in [6.45, 7) is 4.26. The van der Waals surface area contributed by atoms with Crippen molar-refractivity contribution in [3.8, 4) is 5.75 Å². The number of hydrogen-bond donors (Lipinski definition) is 1. The van der Waals surface area contributed by atoms with Gasteiger partial charge < -0.3 is 10.5 Å². The lowest BCUT2D eigenvalue weighted by Gasteiger charge is -2.13. The molecule has 0 aliphatic carbocycles. The Labute approximate surface area is 95.2 Å². The van der Waals surface area contributed by atoms with E-state index in [0.717, 1.165) is 27.9 Å². The van der Waals surface area contributed by atoms with Crippen molar-refractivity contribution in [3.63, 3.8) is 0 Å². The number of methoxy groups -OCH3 is 1. The number of ether oxygens (including phenoxy) is 1. The van der Waals surface area contributed by atoms with Crippen LogP contribution >= 0.6 is 0 Å². The normalized spacial score (nSPS) is 11.0. The molecule has 0 atom stereocenters. The van der Waals surface area contributed by atoms with E-state index in [4.69, 9.17) is 10.5 Å². The van der Waals surface area contributed by atoms with E-state index in [2.05, 4.69) is 18.8 Å². The summed E-state index contributed by atoms with van der Waals surface area (Å²) < 4.78 is 5.23. The number of nitrogen functional groups attached to an aromatic ring is 1. The summed E-state index contributed by atoms with van der Waals surface area (Å²) in [7, 11) is 1.66. The number of anilines is 1. The minimum absolute atomic E-state index is 0.373. The highest BCUT2D eigenvalue weighted by Gasteiger charge is 2.10. The van der Waals surface area contributed by atoms with Crippen molar-refractivity contribution < 1.29 is 4.74 Å². The molecule has 1 heterocycles. The van der Waals surface area contributed by atoms with Crippen LogP contribution in [-0.4, -0.2) is 12.1 Å². The van der Waals surface area contributed by atoms with Gasteiger partial charge in [-0.3, -0.25) is 4.98 Å². The molecule has 0 saturated carbocycles. The number of aromatic nitrogens is 1. The van der Waals surface area contributed by atoms with Crippen molar-refractivity contribution >= 4 is 16.6 Å². The maximum absolute atomic E-state index is 5.98. The third kappa shape index (κ3) is 1.69. The fourth-order valence-electron chi connectivity index (χ4n) is 1.98. The topological polar surface area (TPSA) is 48.1 Å². The second kappa shape index (κ2) is 4.00. The summed E-state index contributed by atoms with van der Waals surface area (Å²) in [4.78, 5) is 4.32. The number of fused-ring (bicyclic) bond motifs is 1. The smallest absolute Gasteiger partial charge is 0.119 e. The average molecular weight is 216 g/mol. The lowest BCUT2D eigenvalue weighted by atomic mass is 9.97. The van der Waals surface area contributed by atoms with E-state index in [0.29, 0.717) is 5.92 Å². The van der Waals surface area contributed by atoms with Gasteiger partial charge in [-0.1, -0.05) is 13.8 Å². The Kier molecular flexibility index (Phi) is 2.69. The Morgan fingerprint density at radius 2 is 2.06 bits per heavy atom. The first-order valence-corrected chi connectivity index (χ1v) is 5.35. The van der Waals surface area contributed by atoms with Crippen LogP contribution < -0.4 is 10.5 Å². The average Bonchev–Trinajstić information content (AvgIpc) is 2.27. The van der Waals surface area contributed by atoms with Crippen LogP contribution in [0.15, 0.2) is 24.4 Å². The summed E-state index contributed by atoms with van der Waals surface area (Å²) >= 11 is 0. The van der Waals surface area contributed by atoms with Gasteiger partial charge in [-0.05, 0) is 29.7 Å². The van der Waals surface area contributed by atoms with Crippen LogP contribution in [0.4, 0.5) is 5.69 Å². The maximum Gasteiger partial charge on any atom is 0.119 e. The standard InChI is InChI=1S/C13H16N2O/c1-8(2)13-10-6-9(16-3)4-5-12(10)15-7-11(13)14/h4-8H,14H2,1-3H3. The highest BCUT2D eigenvalue weighted by Crippen LogP contribution is 2.31. The quantitative estimate of drug-likeness (QED) is 0.839. The predicted molar refractivity (Wildman–Crippen MR) is 66.8 cm³/mol. The first-order chi connectivity index (χ1) is 7.63. The summed E-state index contributed by atoms with van der Waals surface area (Å²) in [6.07, 6.45) is 1.73. The van der Waals surface area contributed by atoms with E-state index < -0.39 is 0 Å². The molecule has 3 nitrogen and oxygen atoms in total. The highest BCUT2D eigenvalue weighted by molar-refractivity contribution is 5.87. The van der Waals surface area contributed by atoms with E-state index in [1.54, 1.807) is 13.3 Å². The van der Waals surface area contributed by atoms with E-state index in [1.807, 2.05) is 18.2 Å². The monoisotopic (exact) mass is 216 g/mol. The van der Waals surface area contributed by atoms with Gasteiger partial charge in [0.1, 0.15) is 5.75 Å². The summed E-state index contributed by atoms with van der Waals surface area (Å²) in [5.74, 6) is 1.21. The number of nitrogens with two attached hydrogens (primary N) is 1. The van der Waals surface area contributed by atoms with E-state index in [9.17, 15) is 0 Å². The second-order valence-corrected chi connectivity index (χ2v) is 4.16. The summed E-state index contributed by atoms with van der Waals surface area (Å²) in [5, 5.41) is 1.08. The predicted octanol–water partition coefficient (Wildman–Crippen LogP) is 2.95. The van der Waals surface area contributed by atoms with Crippen molar-refractivity contribution in [2.24, 2.45) is 0 Å². The van der Waals surface area contributed by atoms with E-state index in [1.165, 1.54) is 0 Å². The molecule has 84 valence electrons. The molecule has 0 unspecified atom stereocenters. The number of hydrogen-bond acceptors (Lipinski definition) is 3. The van der Waals surface area contributed by atoms with Crippen LogP contribution in [0.2, 0.25) is 0 Å². The molecule has 0 aliphatic rings. The molecule has 3 heteroatoms. The molecule has 2 N–H and O–H groups in total. The van der Waals surface area contributed by atoms with Crippen molar-refractivity contribution in [1.29, 1.82) is 0 Å². The minimum Gasteiger partial charge on any atom is -0.497 e. The fourth-order valence-corrected chi connectivity index (χ4v) is 1.98. The Morgan fingerprint density at radius 1 is 1.31 bits per heavy atom. The van der Waals surface area contributed by atoms with Crippen LogP contribution in [0.3, 0.4) is 0 Å². The molecule has 0 aliphatic heterocycles. The minimum atomic E-state index is 0.373. The highest BCUT2D eigenvalue weighted by atomic mass is 16.5. The van der Waals surface area contributed by atoms with Gasteiger partial charge in [-0.25, -0.2) is 0 Å². The Morgan fingerprint density at radius 3 is 2.69 bits per heavy atom. The lowest BCUT2D eigenvalue weighted by molar-refractivity contribution is 0.415. The second-order valence-electron chi connectivity index (χ2n) is 4.16. The zero-order valence-corrected chi connectivity index (χ0v) is 9.82. The number of pyridine rings is 1. The molecular formula is C13H16N2O. The van der Waals surface area contributed by atoms with Crippen LogP contribution in [-0.2, 0) is 0 Å². The number of benzene rings is 1. The molecule has 16 heavy (non-hydrogen) atoms. The fraction of sp³-hybridized carbons (Fsp3) is 0.308. The maximum atomic E-state index is 5.98. The Balaban J connectivity index is 2.78. The van der Waals surface area contributed by atoms with Gasteiger partial charge in [0.25, 0.3) is 0 Å². The molecule has 2 aromatic rings. The molecule has 0 amide bonds. The third-order valence-corrected chi connectivity index (χ3v) is 2.72. The summed E-state index contributed by atoms with van der Waals surface area (Å²) in [5.41, 5.74) is 8.82. The number of rotatable bonds is 2. The van der Waals surface area contributed by atoms with E-state index in [-0.39, 0.29) is 0 Å². The molecule has 2 rings (SSSR count). The zero-order valence-electron chi connectivity index (χ0n) is 9.82. The molecule has 0 fully saturated rings. The van der Waals surface area contributed by atoms with Gasteiger partial charge in [0.2, 0.25) is 0 Å². The Bertz CT molecular complexity index is 521. The lowest BCUT2D eigenvalue weighted by Crippen LogP contribution is -1.99. The largest absolute Gasteiger partial charge is 0.497 e. The molecule has 0 bridgehead atoms. The van der Waals surface area contributed by atoms with Crippen LogP contribution in [0, 0.1) is 0 Å². The summed E-state index contributed by atoms with van der Waals surface area (Å²) in [6, 6.07) is 5.86. The molecule has 1 aromatic carbocycles. The molecule has 0 saturated heterocycles. The molecular weight excluding hydrogens is 200 g/mol.